The van der Waals surface area contributed by atoms with Crippen LogP contribution in [0.25, 0.3) is 0 Å². The van der Waals surface area contributed by atoms with Gasteiger partial charge in [0.25, 0.3) is 11.2 Å². The molecule has 1 N–H and O–H groups in total. The number of aromatic nitrogens is 2. The zero-order chi connectivity index (χ0) is 16.1. The molecule has 0 bridgehead atoms. The van der Waals surface area contributed by atoms with Crippen LogP contribution in [-0.4, -0.2) is 27.5 Å². The van der Waals surface area contributed by atoms with Crippen LogP contribution >= 0.6 is 0 Å². The Labute approximate surface area is 124 Å². The van der Waals surface area contributed by atoms with Crippen LogP contribution in [0.1, 0.15) is 0 Å². The van der Waals surface area contributed by atoms with Gasteiger partial charge in [0.15, 0.2) is 0 Å². The summed E-state index contributed by atoms with van der Waals surface area (Å²) in [6.45, 7) is -0.229. The molecular weight excluding hydrogens is 292 g/mol. The molecule has 1 heterocycles. The number of nitro benzene ring substituents is 1. The summed E-state index contributed by atoms with van der Waals surface area (Å²) in [6.07, 6.45) is 2.57. The molecule has 0 spiro atoms. The predicted molar refractivity (Wildman–Crippen MR) is 76.8 cm³/mol. The molecule has 1 aromatic heterocycles. The highest BCUT2D eigenvalue weighted by atomic mass is 16.6. The number of hydrogen-bond acceptors (Lipinski definition) is 6. The number of carbonyl (C=O) groups is 1. The predicted octanol–water partition coefficient (Wildman–Crippen LogP) is 0.799. The van der Waals surface area contributed by atoms with E-state index in [0.29, 0.717) is 0 Å². The SMILES string of the molecule is COc1cc([N+](=O)[O-])ccc1NC(=O)Cn1cnccc1=O. The van der Waals surface area contributed by atoms with Gasteiger partial charge in [0.2, 0.25) is 5.91 Å². The Hall–Kier alpha value is -3.23. The number of benzene rings is 1. The smallest absolute Gasteiger partial charge is 0.273 e. The van der Waals surface area contributed by atoms with Crippen molar-refractivity contribution in [3.63, 3.8) is 0 Å². The van der Waals surface area contributed by atoms with E-state index >= 15 is 0 Å². The van der Waals surface area contributed by atoms with E-state index < -0.39 is 10.8 Å². The molecule has 2 rings (SSSR count). The van der Waals surface area contributed by atoms with Gasteiger partial charge in [0, 0.05) is 18.3 Å². The molecule has 9 heteroatoms. The van der Waals surface area contributed by atoms with E-state index in [1.165, 1.54) is 43.9 Å². The first-order chi connectivity index (χ1) is 10.5. The summed E-state index contributed by atoms with van der Waals surface area (Å²) in [5.41, 5.74) is -0.241. The Balaban J connectivity index is 2.16. The van der Waals surface area contributed by atoms with Crippen LogP contribution in [0.15, 0.2) is 41.6 Å². The van der Waals surface area contributed by atoms with Gasteiger partial charge in [-0.05, 0) is 6.07 Å². The second-order valence-electron chi connectivity index (χ2n) is 4.24. The Bertz CT molecular complexity index is 771. The monoisotopic (exact) mass is 304 g/mol. The molecule has 1 aromatic carbocycles. The molecule has 0 radical (unpaired) electrons. The molecule has 0 fully saturated rings. The van der Waals surface area contributed by atoms with Crippen molar-refractivity contribution in [2.45, 2.75) is 6.54 Å². The molecule has 0 aliphatic heterocycles. The maximum absolute atomic E-state index is 11.9. The van der Waals surface area contributed by atoms with E-state index in [1.54, 1.807) is 0 Å². The van der Waals surface area contributed by atoms with Crippen molar-refractivity contribution in [1.82, 2.24) is 9.55 Å². The first kappa shape index (κ1) is 15.2. The number of ether oxygens (including phenoxy) is 1. The van der Waals surface area contributed by atoms with Gasteiger partial charge in [-0.15, -0.1) is 0 Å². The van der Waals surface area contributed by atoms with Gasteiger partial charge in [0.05, 0.1) is 30.1 Å². The Morgan fingerprint density at radius 3 is 2.86 bits per heavy atom. The average Bonchev–Trinajstić information content (AvgIpc) is 2.49. The van der Waals surface area contributed by atoms with Gasteiger partial charge in [0.1, 0.15) is 12.3 Å². The zero-order valence-electron chi connectivity index (χ0n) is 11.6. The van der Waals surface area contributed by atoms with Crippen LogP contribution in [0.5, 0.6) is 5.75 Å². The topological polar surface area (TPSA) is 116 Å². The molecule has 0 aliphatic rings. The lowest BCUT2D eigenvalue weighted by atomic mass is 10.2. The third-order valence-electron chi connectivity index (χ3n) is 2.78. The summed E-state index contributed by atoms with van der Waals surface area (Å²) in [6, 6.07) is 5.04. The molecule has 0 unspecified atom stereocenters. The van der Waals surface area contributed by atoms with E-state index in [9.17, 15) is 19.7 Å². The highest BCUT2D eigenvalue weighted by Gasteiger charge is 2.13. The van der Waals surface area contributed by atoms with Gasteiger partial charge in [-0.1, -0.05) is 0 Å². The molecule has 0 aliphatic carbocycles. The van der Waals surface area contributed by atoms with Gasteiger partial charge in [-0.25, -0.2) is 4.98 Å². The lowest BCUT2D eigenvalue weighted by molar-refractivity contribution is -0.384. The summed E-state index contributed by atoms with van der Waals surface area (Å²) < 4.78 is 6.14. The van der Waals surface area contributed by atoms with Gasteiger partial charge in [-0.2, -0.15) is 0 Å². The Morgan fingerprint density at radius 1 is 1.45 bits per heavy atom. The molecule has 0 atom stereocenters. The highest BCUT2D eigenvalue weighted by Crippen LogP contribution is 2.28. The molecular formula is C13H12N4O5. The minimum atomic E-state index is -0.566. The summed E-state index contributed by atoms with van der Waals surface area (Å²) >= 11 is 0. The van der Waals surface area contributed by atoms with Gasteiger partial charge in [-0.3, -0.25) is 24.3 Å². The minimum Gasteiger partial charge on any atom is -0.494 e. The summed E-state index contributed by atoms with van der Waals surface area (Å²) in [7, 11) is 1.33. The third kappa shape index (κ3) is 3.45. The maximum Gasteiger partial charge on any atom is 0.273 e. The average molecular weight is 304 g/mol. The van der Waals surface area contributed by atoms with Crippen molar-refractivity contribution >= 4 is 17.3 Å². The van der Waals surface area contributed by atoms with Crippen LogP contribution in [0, 0.1) is 10.1 Å². The molecule has 2 aromatic rings. The van der Waals surface area contributed by atoms with Crippen molar-refractivity contribution in [3.05, 3.63) is 57.3 Å². The van der Waals surface area contributed by atoms with Crippen molar-refractivity contribution in [2.75, 3.05) is 12.4 Å². The molecule has 1 amide bonds. The van der Waals surface area contributed by atoms with Gasteiger partial charge < -0.3 is 10.1 Å². The number of methoxy groups -OCH3 is 1. The largest absolute Gasteiger partial charge is 0.494 e. The summed E-state index contributed by atoms with van der Waals surface area (Å²) in [5, 5.41) is 13.2. The number of nitrogens with zero attached hydrogens (tertiary/aromatic N) is 3. The van der Waals surface area contributed by atoms with Crippen LogP contribution < -0.4 is 15.6 Å². The standard InChI is InChI=1S/C13H12N4O5/c1-22-11-6-9(17(20)21)2-3-10(11)15-12(18)7-16-8-14-5-4-13(16)19/h2-6,8H,7H2,1H3,(H,15,18). The van der Waals surface area contributed by atoms with E-state index in [1.807, 2.05) is 0 Å². The fourth-order valence-electron chi connectivity index (χ4n) is 1.74. The molecule has 114 valence electrons. The van der Waals surface area contributed by atoms with E-state index in [-0.39, 0.29) is 29.2 Å². The minimum absolute atomic E-state index is 0.154. The number of hydrogen-bond donors (Lipinski definition) is 1. The normalized spacial score (nSPS) is 10.0. The number of anilines is 1. The molecule has 0 saturated heterocycles. The Kier molecular flexibility index (Phi) is 4.47. The lowest BCUT2D eigenvalue weighted by Crippen LogP contribution is -2.27. The summed E-state index contributed by atoms with van der Waals surface area (Å²) in [5.74, 6) is -0.330. The fourth-order valence-corrected chi connectivity index (χ4v) is 1.74. The first-order valence-corrected chi connectivity index (χ1v) is 6.14. The zero-order valence-corrected chi connectivity index (χ0v) is 11.6. The van der Waals surface area contributed by atoms with Crippen LogP contribution in [0.4, 0.5) is 11.4 Å². The number of nitrogens with one attached hydrogen (secondary N) is 1. The number of non-ortho nitro benzene ring substituents is 1. The summed E-state index contributed by atoms with van der Waals surface area (Å²) in [4.78, 5) is 37.3. The number of rotatable bonds is 5. The Morgan fingerprint density at radius 2 is 2.23 bits per heavy atom. The lowest BCUT2D eigenvalue weighted by Gasteiger charge is -2.10. The second kappa shape index (κ2) is 6.48. The number of carbonyl (C=O) groups excluding carboxylic acids is 1. The van der Waals surface area contributed by atoms with Crippen molar-refractivity contribution in [3.8, 4) is 5.75 Å². The molecule has 9 nitrogen and oxygen atoms in total. The van der Waals surface area contributed by atoms with Gasteiger partial charge >= 0.3 is 0 Å². The van der Waals surface area contributed by atoms with E-state index in [0.717, 1.165) is 4.57 Å². The van der Waals surface area contributed by atoms with Crippen molar-refractivity contribution in [1.29, 1.82) is 0 Å². The van der Waals surface area contributed by atoms with Crippen molar-refractivity contribution in [2.24, 2.45) is 0 Å². The van der Waals surface area contributed by atoms with Crippen LogP contribution in [0.3, 0.4) is 0 Å². The van der Waals surface area contributed by atoms with Crippen LogP contribution in [0.2, 0.25) is 0 Å². The van der Waals surface area contributed by atoms with E-state index in [2.05, 4.69) is 10.3 Å². The quantitative estimate of drug-likeness (QED) is 0.645. The first-order valence-electron chi connectivity index (χ1n) is 6.14. The number of amides is 1. The van der Waals surface area contributed by atoms with E-state index in [4.69, 9.17) is 4.74 Å². The number of nitro groups is 1. The highest BCUT2D eigenvalue weighted by molar-refractivity contribution is 5.92. The maximum atomic E-state index is 11.9. The second-order valence-corrected chi connectivity index (χ2v) is 4.24. The van der Waals surface area contributed by atoms with Crippen molar-refractivity contribution < 1.29 is 14.5 Å². The fraction of sp³-hybridized carbons (Fsp3) is 0.154. The molecule has 0 saturated carbocycles. The molecule has 22 heavy (non-hydrogen) atoms. The third-order valence-corrected chi connectivity index (χ3v) is 2.78. The van der Waals surface area contributed by atoms with Crippen LogP contribution in [-0.2, 0) is 11.3 Å².